The number of benzene rings is 2. The Hall–Kier alpha value is -6.93. The van der Waals surface area contributed by atoms with Gasteiger partial charge in [0, 0.05) is 99.7 Å². The van der Waals surface area contributed by atoms with Gasteiger partial charge in [-0.05, 0) is 112 Å². The van der Waals surface area contributed by atoms with Crippen LogP contribution in [-0.2, 0) is 52.8 Å². The van der Waals surface area contributed by atoms with Crippen LogP contribution in [0.25, 0.3) is 33.3 Å². The molecule has 4 amide bonds. The van der Waals surface area contributed by atoms with E-state index in [2.05, 4.69) is 43.9 Å². The summed E-state index contributed by atoms with van der Waals surface area (Å²) in [7, 11) is 8.37. The number of aromatic nitrogens is 2. The molecule has 2 aromatic carbocycles. The number of carbonyl (C=O) groups excluding carboxylic acids is 5. The normalized spacial score (nSPS) is 19.6. The van der Waals surface area contributed by atoms with E-state index in [-0.39, 0.29) is 56.0 Å². The van der Waals surface area contributed by atoms with Crippen molar-refractivity contribution in [3.63, 3.8) is 0 Å². The maximum Gasteiger partial charge on any atom is 0.355 e. The van der Waals surface area contributed by atoms with Crippen molar-refractivity contribution >= 4 is 46.3 Å². The minimum atomic E-state index is -2.30. The number of fused-ring (bicyclic) bond motifs is 6. The van der Waals surface area contributed by atoms with Crippen molar-refractivity contribution in [1.29, 1.82) is 0 Å². The van der Waals surface area contributed by atoms with Gasteiger partial charge in [-0.15, -0.1) is 0 Å². The fourth-order valence-electron chi connectivity index (χ4n) is 9.61. The molecular formula is C55H74N10O9. The number of cyclic esters (lactones) is 1. The van der Waals surface area contributed by atoms with Crippen LogP contribution >= 0.6 is 0 Å². The number of amides is 4. The Kier molecular flexibility index (Phi) is 18.2. The van der Waals surface area contributed by atoms with Gasteiger partial charge >= 0.3 is 5.97 Å². The summed E-state index contributed by atoms with van der Waals surface area (Å²) >= 11 is 0. The second kappa shape index (κ2) is 24.0. The van der Waals surface area contributed by atoms with E-state index in [9.17, 15) is 34.2 Å². The lowest BCUT2D eigenvalue weighted by Gasteiger charge is -2.40. The maximum atomic E-state index is 14.8. The first-order chi connectivity index (χ1) is 35.0. The number of nitrogens with one attached hydrogen (secondary N) is 4. The highest BCUT2D eigenvalue weighted by Gasteiger charge is 2.45. The van der Waals surface area contributed by atoms with Crippen molar-refractivity contribution in [3.8, 4) is 28.1 Å². The third-order valence-electron chi connectivity index (χ3n) is 13.3. The van der Waals surface area contributed by atoms with Crippen LogP contribution in [0.1, 0.15) is 84.2 Å². The number of aromatic hydroxyl groups is 1. The van der Waals surface area contributed by atoms with Crippen molar-refractivity contribution in [1.82, 2.24) is 45.7 Å². The summed E-state index contributed by atoms with van der Waals surface area (Å²) in [6, 6.07) is 12.6. The Labute approximate surface area is 434 Å². The summed E-state index contributed by atoms with van der Waals surface area (Å²) in [5.74, 6) is -4.01. The predicted octanol–water partition coefficient (Wildman–Crippen LogP) is 4.97. The van der Waals surface area contributed by atoms with Crippen LogP contribution in [0.3, 0.4) is 0 Å². The van der Waals surface area contributed by atoms with Gasteiger partial charge in [-0.2, -0.15) is 5.43 Å². The van der Waals surface area contributed by atoms with E-state index < -0.39 is 52.8 Å². The molecule has 2 aromatic heterocycles. The molecule has 19 nitrogen and oxygen atoms in total. The number of hydrogen-bond acceptors (Lipinski definition) is 13. The third kappa shape index (κ3) is 13.0. The second-order valence-electron chi connectivity index (χ2n) is 20.6. The Bertz CT molecular complexity index is 2830. The molecule has 1 fully saturated rings. The molecule has 6 bridgehead atoms. The molecule has 6 rings (SSSR count). The molecule has 19 heteroatoms. The van der Waals surface area contributed by atoms with E-state index in [1.54, 1.807) is 46.2 Å². The lowest BCUT2D eigenvalue weighted by Crippen LogP contribution is -2.67. The SMILES string of the molecule is CCn1c(-c2cccnc2[C@H](C)OC)c2c3cc(ccc31)-c1cc(O)cc(c1)C[C@H](NC(=O)[C@H](C(C)C)N(C)C(=O)/C(=N/C=C(\C)NC(=O)/C=C/CN(C)C)NC)C(=O)N1CCC[C@@](O)(N1)C(=O)OCC(C)(C)C2. The molecular weight excluding hydrogens is 945 g/mol. The van der Waals surface area contributed by atoms with Gasteiger partial charge in [-0.1, -0.05) is 45.9 Å². The fraction of sp³-hybridized carbons (Fsp3) is 0.473. The van der Waals surface area contributed by atoms with Gasteiger partial charge in [-0.3, -0.25) is 29.2 Å². The summed E-state index contributed by atoms with van der Waals surface area (Å²) < 4.78 is 14.0. The third-order valence-corrected chi connectivity index (χ3v) is 13.3. The number of hydrogen-bond donors (Lipinski definition) is 6. The second-order valence-corrected chi connectivity index (χ2v) is 20.6. The summed E-state index contributed by atoms with van der Waals surface area (Å²) in [6.07, 6.45) is 6.30. The van der Waals surface area contributed by atoms with E-state index in [4.69, 9.17) is 14.5 Å². The smallest absolute Gasteiger partial charge is 0.355 e. The Morgan fingerprint density at radius 1 is 1.08 bits per heavy atom. The van der Waals surface area contributed by atoms with Crippen LogP contribution in [0.4, 0.5) is 0 Å². The number of likely N-dealkylation sites (N-methyl/N-ethyl adjacent to an activating group) is 3. The Morgan fingerprint density at radius 2 is 1.82 bits per heavy atom. The number of aryl methyl sites for hydroxylation is 1. The van der Waals surface area contributed by atoms with Crippen molar-refractivity contribution < 1.29 is 43.7 Å². The molecule has 2 aliphatic rings. The zero-order chi connectivity index (χ0) is 54.2. The highest BCUT2D eigenvalue weighted by molar-refractivity contribution is 6.38. The first-order valence-corrected chi connectivity index (χ1v) is 25.1. The molecule has 4 aromatic rings. The van der Waals surface area contributed by atoms with Gasteiger partial charge < -0.3 is 50.0 Å². The van der Waals surface area contributed by atoms with Crippen LogP contribution < -0.4 is 21.4 Å². The number of nitrogens with zero attached hydrogens (tertiary/aromatic N) is 6. The topological polar surface area (TPSA) is 232 Å². The van der Waals surface area contributed by atoms with E-state index in [0.29, 0.717) is 36.3 Å². The molecule has 4 heterocycles. The number of esters is 1. The first kappa shape index (κ1) is 56.4. The van der Waals surface area contributed by atoms with Crippen LogP contribution in [-0.4, -0.2) is 143 Å². The number of carbonyl (C=O) groups is 5. The zero-order valence-corrected chi connectivity index (χ0v) is 44.8. The molecule has 0 aliphatic carbocycles. The summed E-state index contributed by atoms with van der Waals surface area (Å²) in [5.41, 5.74) is 6.57. The van der Waals surface area contributed by atoms with E-state index in [0.717, 1.165) is 44.0 Å². The monoisotopic (exact) mass is 1020 g/mol. The minimum Gasteiger partial charge on any atom is -0.508 e. The molecule has 6 N–H and O–H groups in total. The predicted molar refractivity (Wildman–Crippen MR) is 284 cm³/mol. The van der Waals surface area contributed by atoms with Crippen LogP contribution in [0.2, 0.25) is 0 Å². The average Bonchev–Trinajstić information content (AvgIpc) is 3.65. The van der Waals surface area contributed by atoms with Gasteiger partial charge in [0.25, 0.3) is 11.8 Å². The molecule has 0 radical (unpaired) electrons. The first-order valence-electron chi connectivity index (χ1n) is 25.1. The number of hydrazine groups is 1. The maximum absolute atomic E-state index is 14.8. The highest BCUT2D eigenvalue weighted by Crippen LogP contribution is 2.42. The molecule has 398 valence electrons. The molecule has 2 aliphatic heterocycles. The molecule has 74 heavy (non-hydrogen) atoms. The molecule has 0 saturated carbocycles. The minimum absolute atomic E-state index is 0.0616. The average molecular weight is 1020 g/mol. The zero-order valence-electron chi connectivity index (χ0n) is 44.8. The number of amidine groups is 1. The van der Waals surface area contributed by atoms with Crippen molar-refractivity contribution in [3.05, 3.63) is 95.6 Å². The number of pyridine rings is 1. The van der Waals surface area contributed by atoms with Crippen LogP contribution in [0, 0.1) is 11.3 Å². The van der Waals surface area contributed by atoms with E-state index in [1.807, 2.05) is 70.1 Å². The van der Waals surface area contributed by atoms with Gasteiger partial charge in [0.2, 0.25) is 17.5 Å². The van der Waals surface area contributed by atoms with Gasteiger partial charge in [0.15, 0.2) is 5.84 Å². The quantitative estimate of drug-likeness (QED) is 0.0451. The molecule has 4 atom stereocenters. The van der Waals surface area contributed by atoms with Gasteiger partial charge in [0.05, 0.1) is 24.1 Å². The standard InChI is InChI=1S/C55H74N10O9/c1-13-64-44-20-19-37-29-41(44)42(48(64)40-17-14-22-57-46(40)35(5)73-12)30-54(6,7)32-74-53(71)55(72)21-16-24-65(61-55)51(69)43(27-36-25-38(37)28-39(66)26-36)60-50(68)47(33(2)3)63(11)52(70)49(56-8)58-31-34(4)59-45(67)18-15-23-62(9)10/h14-15,17-20,22,25-26,28-29,31,33,35,43,47,61,66,72H,13,16,21,23-24,27,30,32H2,1-12H3,(H,56,58)(H,59,67)(H,60,68)/b18-15+,34-31+/t35-,43-,47-,55-/m0/s1. The largest absolute Gasteiger partial charge is 0.508 e. The van der Waals surface area contributed by atoms with Crippen molar-refractivity contribution in [2.45, 2.75) is 105 Å². The number of ether oxygens (including phenoxy) is 2. The van der Waals surface area contributed by atoms with E-state index in [1.165, 1.54) is 37.3 Å². The molecule has 1 saturated heterocycles. The van der Waals surface area contributed by atoms with Gasteiger partial charge in [0.1, 0.15) is 17.8 Å². The fourth-order valence-corrected chi connectivity index (χ4v) is 9.61. The Morgan fingerprint density at radius 3 is 2.50 bits per heavy atom. The van der Waals surface area contributed by atoms with Crippen molar-refractivity contribution in [2.24, 2.45) is 16.3 Å². The number of aliphatic imine (C=N–C) groups is 1. The Balaban J connectivity index is 1.42. The van der Waals surface area contributed by atoms with Gasteiger partial charge in [-0.25, -0.2) is 9.79 Å². The highest BCUT2D eigenvalue weighted by atomic mass is 16.6. The molecule has 0 spiro atoms. The number of allylic oxidation sites excluding steroid dienone is 1. The van der Waals surface area contributed by atoms with Crippen LogP contribution in [0.5, 0.6) is 5.75 Å². The number of rotatable bonds is 13. The lowest BCUT2D eigenvalue weighted by molar-refractivity contribution is -0.189. The number of aliphatic hydroxyl groups is 1. The lowest BCUT2D eigenvalue weighted by atomic mass is 9.84. The number of methoxy groups -OCH3 is 1. The van der Waals surface area contributed by atoms with E-state index >= 15 is 0 Å². The van der Waals surface area contributed by atoms with Crippen LogP contribution in [0.15, 0.2) is 83.8 Å². The number of phenolic OH excluding ortho intramolecular Hbond substituents is 1. The van der Waals surface area contributed by atoms with Crippen molar-refractivity contribution in [2.75, 3.05) is 55.0 Å². The molecule has 0 unspecified atom stereocenters. The summed E-state index contributed by atoms with van der Waals surface area (Å²) in [6.45, 7) is 14.3. The summed E-state index contributed by atoms with van der Waals surface area (Å²) in [4.78, 5) is 82.3. The number of phenols is 1. The summed E-state index contributed by atoms with van der Waals surface area (Å²) in [5, 5.41) is 33.8.